The number of amides is 1. The zero-order valence-electron chi connectivity index (χ0n) is 9.03. The van der Waals surface area contributed by atoms with Crippen LogP contribution in [0.2, 0.25) is 0 Å². The van der Waals surface area contributed by atoms with Crippen LogP contribution in [0.3, 0.4) is 0 Å². The Morgan fingerprint density at radius 3 is 2.88 bits per heavy atom. The summed E-state index contributed by atoms with van der Waals surface area (Å²) in [5.41, 5.74) is 0.611. The molecule has 0 unspecified atom stereocenters. The molecule has 82 valence electrons. The van der Waals surface area contributed by atoms with Crippen molar-refractivity contribution in [1.29, 1.82) is 0 Å². The fraction of sp³-hybridized carbons (Fsp3) is 0.154. The van der Waals surface area contributed by atoms with Crippen molar-refractivity contribution in [3.63, 3.8) is 0 Å². The summed E-state index contributed by atoms with van der Waals surface area (Å²) in [5.74, 6) is 0.146. The van der Waals surface area contributed by atoms with Crippen LogP contribution >= 0.6 is 0 Å². The van der Waals surface area contributed by atoms with Gasteiger partial charge in [0.25, 0.3) is 5.91 Å². The molecule has 0 aromatic heterocycles. The van der Waals surface area contributed by atoms with E-state index in [1.54, 1.807) is 30.3 Å². The lowest BCUT2D eigenvalue weighted by atomic mass is 10.1. The van der Waals surface area contributed by atoms with Gasteiger partial charge in [-0.1, -0.05) is 12.1 Å². The number of aromatic hydroxyl groups is 1. The summed E-state index contributed by atoms with van der Waals surface area (Å²) in [5, 5.41) is 14.0. The SMILES string of the molecule is CCNC(=O)c1ccc2c(O)cccc2c1. The van der Waals surface area contributed by atoms with E-state index in [1.807, 2.05) is 13.0 Å². The molecule has 2 rings (SSSR count). The minimum atomic E-state index is -0.0901. The van der Waals surface area contributed by atoms with E-state index in [-0.39, 0.29) is 11.7 Å². The minimum Gasteiger partial charge on any atom is -0.507 e. The van der Waals surface area contributed by atoms with E-state index in [4.69, 9.17) is 0 Å². The first-order valence-electron chi connectivity index (χ1n) is 5.22. The van der Waals surface area contributed by atoms with Gasteiger partial charge in [-0.3, -0.25) is 4.79 Å². The Kier molecular flexibility index (Phi) is 2.77. The smallest absolute Gasteiger partial charge is 0.251 e. The van der Waals surface area contributed by atoms with Gasteiger partial charge in [-0.2, -0.15) is 0 Å². The van der Waals surface area contributed by atoms with Gasteiger partial charge in [-0.05, 0) is 36.6 Å². The van der Waals surface area contributed by atoms with Crippen LogP contribution in [-0.4, -0.2) is 17.6 Å². The summed E-state index contributed by atoms with van der Waals surface area (Å²) in [4.78, 5) is 11.6. The first kappa shape index (κ1) is 10.5. The molecule has 3 nitrogen and oxygen atoms in total. The van der Waals surface area contributed by atoms with Gasteiger partial charge < -0.3 is 10.4 Å². The van der Waals surface area contributed by atoms with Gasteiger partial charge >= 0.3 is 0 Å². The van der Waals surface area contributed by atoms with E-state index >= 15 is 0 Å². The molecule has 2 aromatic rings. The summed E-state index contributed by atoms with van der Waals surface area (Å²) in [6.45, 7) is 2.49. The van der Waals surface area contributed by atoms with Crippen LogP contribution in [0.5, 0.6) is 5.75 Å². The van der Waals surface area contributed by atoms with Gasteiger partial charge in [-0.25, -0.2) is 0 Å². The molecule has 0 spiro atoms. The Bertz CT molecular complexity index is 534. The van der Waals surface area contributed by atoms with Crippen LogP contribution < -0.4 is 5.32 Å². The molecular formula is C13H13NO2. The summed E-state index contributed by atoms with van der Waals surface area (Å²) in [7, 11) is 0. The van der Waals surface area contributed by atoms with E-state index < -0.39 is 0 Å². The molecule has 0 bridgehead atoms. The predicted molar refractivity (Wildman–Crippen MR) is 63.6 cm³/mol. The molecule has 0 heterocycles. The van der Waals surface area contributed by atoms with Crippen molar-refractivity contribution in [1.82, 2.24) is 5.32 Å². The zero-order valence-corrected chi connectivity index (χ0v) is 9.03. The number of phenolic OH excluding ortho intramolecular Hbond substituents is 1. The number of fused-ring (bicyclic) bond motifs is 1. The van der Waals surface area contributed by atoms with Crippen LogP contribution in [0.25, 0.3) is 10.8 Å². The number of carbonyl (C=O) groups is 1. The molecule has 2 aromatic carbocycles. The molecule has 2 N–H and O–H groups in total. The Balaban J connectivity index is 2.48. The van der Waals surface area contributed by atoms with E-state index in [0.29, 0.717) is 12.1 Å². The van der Waals surface area contributed by atoms with Crippen molar-refractivity contribution in [2.75, 3.05) is 6.54 Å². The van der Waals surface area contributed by atoms with Gasteiger partial charge in [-0.15, -0.1) is 0 Å². The Labute approximate surface area is 93.7 Å². The number of nitrogens with one attached hydrogen (secondary N) is 1. The van der Waals surface area contributed by atoms with E-state index in [2.05, 4.69) is 5.32 Å². The molecule has 0 radical (unpaired) electrons. The van der Waals surface area contributed by atoms with Crippen molar-refractivity contribution in [2.45, 2.75) is 6.92 Å². The van der Waals surface area contributed by atoms with Crippen LogP contribution in [0, 0.1) is 0 Å². The van der Waals surface area contributed by atoms with Gasteiger partial charge in [0, 0.05) is 17.5 Å². The number of rotatable bonds is 2. The molecule has 3 heteroatoms. The number of carbonyl (C=O) groups excluding carboxylic acids is 1. The summed E-state index contributed by atoms with van der Waals surface area (Å²) in [6, 6.07) is 10.5. The Morgan fingerprint density at radius 1 is 1.31 bits per heavy atom. The second-order valence-electron chi connectivity index (χ2n) is 3.57. The van der Waals surface area contributed by atoms with Crippen LogP contribution in [-0.2, 0) is 0 Å². The zero-order chi connectivity index (χ0) is 11.5. The maximum Gasteiger partial charge on any atom is 0.251 e. The van der Waals surface area contributed by atoms with Crippen molar-refractivity contribution < 1.29 is 9.90 Å². The minimum absolute atomic E-state index is 0.0901. The standard InChI is InChI=1S/C13H13NO2/c1-2-14-13(16)10-6-7-11-9(8-10)4-3-5-12(11)15/h3-8,15H,2H2,1H3,(H,14,16). The lowest BCUT2D eigenvalue weighted by Crippen LogP contribution is -2.22. The fourth-order valence-corrected chi connectivity index (χ4v) is 1.67. The van der Waals surface area contributed by atoms with E-state index in [9.17, 15) is 9.90 Å². The lowest BCUT2D eigenvalue weighted by molar-refractivity contribution is 0.0956. The van der Waals surface area contributed by atoms with Crippen LogP contribution in [0.4, 0.5) is 0 Å². The Hall–Kier alpha value is -2.03. The second kappa shape index (κ2) is 4.23. The third-order valence-electron chi connectivity index (χ3n) is 2.46. The highest BCUT2D eigenvalue weighted by molar-refractivity contribution is 5.99. The third kappa shape index (κ3) is 1.84. The summed E-state index contributed by atoms with van der Waals surface area (Å²) in [6.07, 6.45) is 0. The first-order chi connectivity index (χ1) is 7.72. The third-order valence-corrected chi connectivity index (χ3v) is 2.46. The average Bonchev–Trinajstić information content (AvgIpc) is 2.29. The maximum atomic E-state index is 11.6. The molecule has 0 aliphatic carbocycles. The van der Waals surface area contributed by atoms with Gasteiger partial charge in [0.1, 0.15) is 5.75 Å². The number of hydrogen-bond donors (Lipinski definition) is 2. The molecule has 0 aliphatic rings. The van der Waals surface area contributed by atoms with E-state index in [1.165, 1.54) is 0 Å². The van der Waals surface area contributed by atoms with Crippen molar-refractivity contribution in [3.8, 4) is 5.75 Å². The molecule has 0 fully saturated rings. The molecular weight excluding hydrogens is 202 g/mol. The molecule has 1 amide bonds. The van der Waals surface area contributed by atoms with Crippen LogP contribution in [0.15, 0.2) is 36.4 Å². The van der Waals surface area contributed by atoms with Gasteiger partial charge in [0.15, 0.2) is 0 Å². The normalized spacial score (nSPS) is 10.3. The maximum absolute atomic E-state index is 11.6. The fourth-order valence-electron chi connectivity index (χ4n) is 1.67. The molecule has 0 saturated carbocycles. The summed E-state index contributed by atoms with van der Waals surface area (Å²) < 4.78 is 0. The molecule has 0 saturated heterocycles. The van der Waals surface area contributed by atoms with Crippen molar-refractivity contribution in [3.05, 3.63) is 42.0 Å². The van der Waals surface area contributed by atoms with E-state index in [0.717, 1.165) is 10.8 Å². The number of hydrogen-bond acceptors (Lipinski definition) is 2. The highest BCUT2D eigenvalue weighted by Gasteiger charge is 2.06. The average molecular weight is 215 g/mol. The Morgan fingerprint density at radius 2 is 2.12 bits per heavy atom. The number of benzene rings is 2. The van der Waals surface area contributed by atoms with Crippen molar-refractivity contribution >= 4 is 16.7 Å². The van der Waals surface area contributed by atoms with Crippen LogP contribution in [0.1, 0.15) is 17.3 Å². The molecule has 0 atom stereocenters. The highest BCUT2D eigenvalue weighted by atomic mass is 16.3. The number of phenols is 1. The first-order valence-corrected chi connectivity index (χ1v) is 5.22. The lowest BCUT2D eigenvalue weighted by Gasteiger charge is -2.05. The molecule has 16 heavy (non-hydrogen) atoms. The van der Waals surface area contributed by atoms with Gasteiger partial charge in [0.2, 0.25) is 0 Å². The molecule has 0 aliphatic heterocycles. The monoisotopic (exact) mass is 215 g/mol. The summed E-state index contributed by atoms with van der Waals surface area (Å²) >= 11 is 0. The van der Waals surface area contributed by atoms with Crippen molar-refractivity contribution in [2.24, 2.45) is 0 Å². The highest BCUT2D eigenvalue weighted by Crippen LogP contribution is 2.24. The topological polar surface area (TPSA) is 49.3 Å². The quantitative estimate of drug-likeness (QED) is 0.807. The van der Waals surface area contributed by atoms with Gasteiger partial charge in [0.05, 0.1) is 0 Å². The largest absolute Gasteiger partial charge is 0.507 e. The second-order valence-corrected chi connectivity index (χ2v) is 3.57. The predicted octanol–water partition coefficient (Wildman–Crippen LogP) is 2.30.